The van der Waals surface area contributed by atoms with Gasteiger partial charge in [0.05, 0.1) is 18.3 Å². The number of aromatic nitrogens is 2. The fourth-order valence-electron chi connectivity index (χ4n) is 2.45. The molecule has 0 aliphatic carbocycles. The minimum atomic E-state index is -0.652. The van der Waals surface area contributed by atoms with E-state index in [2.05, 4.69) is 10.4 Å². The number of carbonyl (C=O) groups is 1. The highest BCUT2D eigenvalue weighted by atomic mass is 35.5. The Morgan fingerprint density at radius 3 is 2.46 bits per heavy atom. The summed E-state index contributed by atoms with van der Waals surface area (Å²) in [5.41, 5.74) is 0.636. The molecule has 132 valence electrons. The molecule has 1 atom stereocenters. The summed E-state index contributed by atoms with van der Waals surface area (Å²) in [5, 5.41) is 16.9. The van der Waals surface area contributed by atoms with E-state index in [1.807, 2.05) is 6.07 Å². The van der Waals surface area contributed by atoms with E-state index in [0.29, 0.717) is 10.7 Å². The predicted octanol–water partition coefficient (Wildman–Crippen LogP) is 2.35. The van der Waals surface area contributed by atoms with E-state index in [1.54, 1.807) is 48.5 Å². The zero-order valence-corrected chi connectivity index (χ0v) is 14.4. The van der Waals surface area contributed by atoms with Crippen molar-refractivity contribution in [2.45, 2.75) is 6.04 Å². The Balaban J connectivity index is 1.88. The number of benzene rings is 2. The summed E-state index contributed by atoms with van der Waals surface area (Å²) in [4.78, 5) is 24.6. The van der Waals surface area contributed by atoms with Crippen molar-refractivity contribution in [1.29, 1.82) is 0 Å². The Morgan fingerprint density at radius 1 is 1.12 bits per heavy atom. The van der Waals surface area contributed by atoms with Gasteiger partial charge in [0.1, 0.15) is 0 Å². The van der Waals surface area contributed by atoms with Gasteiger partial charge >= 0.3 is 0 Å². The molecule has 1 amide bonds. The highest BCUT2D eigenvalue weighted by molar-refractivity contribution is 6.30. The summed E-state index contributed by atoms with van der Waals surface area (Å²) >= 11 is 5.87. The fraction of sp³-hybridized carbons (Fsp3) is 0.105. The van der Waals surface area contributed by atoms with Crippen molar-refractivity contribution in [1.82, 2.24) is 15.1 Å². The minimum absolute atomic E-state index is 0.253. The Bertz CT molecular complexity index is 956. The molecule has 0 saturated heterocycles. The summed E-state index contributed by atoms with van der Waals surface area (Å²) in [5.74, 6) is -0.652. The third kappa shape index (κ3) is 3.99. The molecular weight excluding hydrogens is 354 g/mol. The molecule has 0 radical (unpaired) electrons. The van der Waals surface area contributed by atoms with Crippen LogP contribution in [0.25, 0.3) is 5.69 Å². The number of nitrogens with one attached hydrogen (secondary N) is 1. The molecule has 1 unspecified atom stereocenters. The van der Waals surface area contributed by atoms with Crippen LogP contribution in [0.5, 0.6) is 0 Å². The van der Waals surface area contributed by atoms with Crippen LogP contribution < -0.4 is 10.7 Å². The third-order valence-electron chi connectivity index (χ3n) is 3.80. The number of rotatable bonds is 5. The number of aliphatic hydroxyl groups is 1. The van der Waals surface area contributed by atoms with Crippen LogP contribution in [-0.2, 0) is 0 Å². The fourth-order valence-corrected chi connectivity index (χ4v) is 2.57. The van der Waals surface area contributed by atoms with Gasteiger partial charge in [-0.3, -0.25) is 9.59 Å². The quantitative estimate of drug-likeness (QED) is 0.723. The lowest BCUT2D eigenvalue weighted by Crippen LogP contribution is -2.35. The Labute approximate surface area is 154 Å². The second-order valence-electron chi connectivity index (χ2n) is 5.57. The molecule has 0 aliphatic heterocycles. The zero-order valence-electron chi connectivity index (χ0n) is 13.7. The lowest BCUT2D eigenvalue weighted by molar-refractivity contribution is 0.0908. The monoisotopic (exact) mass is 369 g/mol. The van der Waals surface area contributed by atoms with Gasteiger partial charge in [-0.15, -0.1) is 0 Å². The number of carbonyl (C=O) groups excluding carboxylic acids is 1. The molecule has 0 bridgehead atoms. The Hall–Kier alpha value is -2.96. The molecule has 26 heavy (non-hydrogen) atoms. The van der Waals surface area contributed by atoms with Crippen LogP contribution in [0, 0.1) is 0 Å². The second kappa shape index (κ2) is 7.95. The van der Waals surface area contributed by atoms with Gasteiger partial charge in [-0.05, 0) is 29.8 Å². The van der Waals surface area contributed by atoms with Crippen LogP contribution in [0.2, 0.25) is 5.02 Å². The Kier molecular flexibility index (Phi) is 5.46. The molecule has 3 rings (SSSR count). The van der Waals surface area contributed by atoms with Crippen LogP contribution >= 0.6 is 11.6 Å². The summed E-state index contributed by atoms with van der Waals surface area (Å²) in [6.07, 6.45) is 1.48. The van der Waals surface area contributed by atoms with Gasteiger partial charge in [-0.1, -0.05) is 41.9 Å². The van der Waals surface area contributed by atoms with Crippen LogP contribution in [-0.4, -0.2) is 27.4 Å². The van der Waals surface area contributed by atoms with Gasteiger partial charge < -0.3 is 10.4 Å². The molecule has 7 heteroatoms. The SMILES string of the molecule is O=C(NC(CO)c1ccccc1)c1nn(-c2ccc(Cl)cc2)ccc1=O. The van der Waals surface area contributed by atoms with E-state index in [1.165, 1.54) is 16.9 Å². The van der Waals surface area contributed by atoms with Gasteiger partial charge in [0.25, 0.3) is 5.91 Å². The van der Waals surface area contributed by atoms with Crippen molar-refractivity contribution in [3.63, 3.8) is 0 Å². The van der Waals surface area contributed by atoms with E-state index in [-0.39, 0.29) is 12.3 Å². The zero-order chi connectivity index (χ0) is 18.5. The number of hydrogen-bond donors (Lipinski definition) is 2. The Morgan fingerprint density at radius 2 is 1.81 bits per heavy atom. The number of hydrogen-bond acceptors (Lipinski definition) is 4. The molecule has 1 heterocycles. The second-order valence-corrected chi connectivity index (χ2v) is 6.01. The van der Waals surface area contributed by atoms with Crippen LogP contribution in [0.4, 0.5) is 0 Å². The first-order chi connectivity index (χ1) is 12.6. The maximum atomic E-state index is 12.5. The number of halogens is 1. The smallest absolute Gasteiger partial charge is 0.276 e. The van der Waals surface area contributed by atoms with Gasteiger partial charge in [-0.25, -0.2) is 4.68 Å². The molecular formula is C19H16ClN3O3. The first-order valence-electron chi connectivity index (χ1n) is 7.91. The lowest BCUT2D eigenvalue weighted by Gasteiger charge is -2.16. The molecule has 6 nitrogen and oxygen atoms in total. The van der Waals surface area contributed by atoms with Crippen LogP contribution in [0.1, 0.15) is 22.1 Å². The summed E-state index contributed by atoms with van der Waals surface area (Å²) in [6, 6.07) is 16.5. The number of aliphatic hydroxyl groups excluding tert-OH is 1. The summed E-state index contributed by atoms with van der Waals surface area (Å²) < 4.78 is 1.42. The van der Waals surface area contributed by atoms with Gasteiger partial charge in [0, 0.05) is 17.3 Å². The molecule has 0 aliphatic rings. The predicted molar refractivity (Wildman–Crippen MR) is 98.6 cm³/mol. The molecule has 0 spiro atoms. The highest BCUT2D eigenvalue weighted by Crippen LogP contribution is 2.13. The molecule has 0 fully saturated rings. The average Bonchev–Trinajstić information content (AvgIpc) is 2.67. The van der Waals surface area contributed by atoms with Gasteiger partial charge in [0.15, 0.2) is 5.69 Å². The van der Waals surface area contributed by atoms with Crippen molar-refractivity contribution < 1.29 is 9.90 Å². The topological polar surface area (TPSA) is 84.2 Å². The average molecular weight is 370 g/mol. The molecule has 1 aromatic heterocycles. The van der Waals surface area contributed by atoms with E-state index < -0.39 is 17.4 Å². The van der Waals surface area contributed by atoms with E-state index >= 15 is 0 Å². The summed E-state index contributed by atoms with van der Waals surface area (Å²) in [7, 11) is 0. The van der Waals surface area contributed by atoms with E-state index in [0.717, 1.165) is 5.56 Å². The van der Waals surface area contributed by atoms with Gasteiger partial charge in [0.2, 0.25) is 5.43 Å². The van der Waals surface area contributed by atoms with Crippen molar-refractivity contribution in [2.24, 2.45) is 0 Å². The number of nitrogens with zero attached hydrogens (tertiary/aromatic N) is 2. The number of amides is 1. The molecule has 0 saturated carbocycles. The summed E-state index contributed by atoms with van der Waals surface area (Å²) in [6.45, 7) is -0.298. The van der Waals surface area contributed by atoms with Crippen molar-refractivity contribution in [3.8, 4) is 5.69 Å². The van der Waals surface area contributed by atoms with Crippen molar-refractivity contribution >= 4 is 17.5 Å². The molecule has 3 aromatic rings. The van der Waals surface area contributed by atoms with E-state index in [9.17, 15) is 14.7 Å². The highest BCUT2D eigenvalue weighted by Gasteiger charge is 2.18. The van der Waals surface area contributed by atoms with Crippen LogP contribution in [0.15, 0.2) is 71.7 Å². The molecule has 2 aromatic carbocycles. The standard InChI is InChI=1S/C19H16ClN3O3/c20-14-6-8-15(9-7-14)23-11-10-17(25)18(22-23)19(26)21-16(12-24)13-4-2-1-3-5-13/h1-11,16,24H,12H2,(H,21,26). The third-order valence-corrected chi connectivity index (χ3v) is 4.06. The lowest BCUT2D eigenvalue weighted by atomic mass is 10.1. The van der Waals surface area contributed by atoms with E-state index in [4.69, 9.17) is 11.6 Å². The van der Waals surface area contributed by atoms with Crippen LogP contribution in [0.3, 0.4) is 0 Å². The first kappa shape index (κ1) is 17.8. The first-order valence-corrected chi connectivity index (χ1v) is 8.29. The minimum Gasteiger partial charge on any atom is -0.394 e. The normalized spacial score (nSPS) is 11.8. The van der Waals surface area contributed by atoms with Crippen molar-refractivity contribution in [3.05, 3.63) is 93.4 Å². The maximum Gasteiger partial charge on any atom is 0.276 e. The maximum absolute atomic E-state index is 12.5. The van der Waals surface area contributed by atoms with Gasteiger partial charge in [-0.2, -0.15) is 5.10 Å². The van der Waals surface area contributed by atoms with Crippen molar-refractivity contribution in [2.75, 3.05) is 6.61 Å². The molecule has 2 N–H and O–H groups in total. The largest absolute Gasteiger partial charge is 0.394 e.